The lowest BCUT2D eigenvalue weighted by atomic mass is 10.1. The molecule has 0 aliphatic carbocycles. The third-order valence-corrected chi connectivity index (χ3v) is 4.30. The SMILES string of the molecule is COCC(=O)N1CCCN(C(C)C)CCNCc2ccccc21. The Balaban J connectivity index is 2.22. The van der Waals surface area contributed by atoms with E-state index >= 15 is 0 Å². The van der Waals surface area contributed by atoms with Crippen molar-refractivity contribution in [1.82, 2.24) is 10.2 Å². The first-order chi connectivity index (χ1) is 11.1. The Morgan fingerprint density at radius 1 is 1.26 bits per heavy atom. The lowest BCUT2D eigenvalue weighted by Crippen LogP contribution is -2.39. The Kier molecular flexibility index (Phi) is 7.02. The van der Waals surface area contributed by atoms with E-state index in [9.17, 15) is 4.79 Å². The molecule has 5 nitrogen and oxygen atoms in total. The number of amides is 1. The summed E-state index contributed by atoms with van der Waals surface area (Å²) in [4.78, 5) is 16.8. The Morgan fingerprint density at radius 3 is 2.78 bits per heavy atom. The molecular formula is C18H29N3O2. The molecule has 0 saturated heterocycles. The summed E-state index contributed by atoms with van der Waals surface area (Å²) in [7, 11) is 1.57. The third-order valence-electron chi connectivity index (χ3n) is 4.30. The number of hydrogen-bond donors (Lipinski definition) is 1. The summed E-state index contributed by atoms with van der Waals surface area (Å²) < 4.78 is 5.07. The Labute approximate surface area is 139 Å². The van der Waals surface area contributed by atoms with Gasteiger partial charge in [-0.15, -0.1) is 0 Å². The van der Waals surface area contributed by atoms with Crippen molar-refractivity contribution in [3.8, 4) is 0 Å². The summed E-state index contributed by atoms with van der Waals surface area (Å²) in [5, 5.41) is 3.50. The highest BCUT2D eigenvalue weighted by Gasteiger charge is 2.20. The lowest BCUT2D eigenvalue weighted by molar-refractivity contribution is -0.122. The summed E-state index contributed by atoms with van der Waals surface area (Å²) in [6, 6.07) is 8.66. The van der Waals surface area contributed by atoms with Crippen molar-refractivity contribution in [2.24, 2.45) is 0 Å². The number of nitrogens with zero attached hydrogens (tertiary/aromatic N) is 2. The number of nitrogens with one attached hydrogen (secondary N) is 1. The van der Waals surface area contributed by atoms with Crippen LogP contribution in [0.2, 0.25) is 0 Å². The van der Waals surface area contributed by atoms with Crippen LogP contribution in [0.15, 0.2) is 24.3 Å². The molecule has 0 spiro atoms. The summed E-state index contributed by atoms with van der Waals surface area (Å²) >= 11 is 0. The molecule has 1 aliphatic rings. The van der Waals surface area contributed by atoms with Gasteiger partial charge in [0.25, 0.3) is 5.91 Å². The molecule has 0 radical (unpaired) electrons. The van der Waals surface area contributed by atoms with Gasteiger partial charge < -0.3 is 15.0 Å². The molecule has 0 fully saturated rings. The Hall–Kier alpha value is -1.43. The first kappa shape index (κ1) is 17.9. The van der Waals surface area contributed by atoms with E-state index in [2.05, 4.69) is 30.1 Å². The molecule has 128 valence electrons. The van der Waals surface area contributed by atoms with E-state index in [1.54, 1.807) is 7.11 Å². The Morgan fingerprint density at radius 2 is 2.04 bits per heavy atom. The number of fused-ring (bicyclic) bond motifs is 1. The van der Waals surface area contributed by atoms with Crippen LogP contribution in [0.4, 0.5) is 5.69 Å². The van der Waals surface area contributed by atoms with Crippen LogP contribution in [0.25, 0.3) is 0 Å². The van der Waals surface area contributed by atoms with E-state index in [-0.39, 0.29) is 12.5 Å². The normalized spacial score (nSPS) is 17.7. The highest BCUT2D eigenvalue weighted by Crippen LogP contribution is 2.21. The minimum atomic E-state index is 0.0234. The molecule has 1 amide bonds. The van der Waals surface area contributed by atoms with Crippen molar-refractivity contribution in [2.45, 2.75) is 32.9 Å². The van der Waals surface area contributed by atoms with E-state index in [1.165, 1.54) is 0 Å². The maximum absolute atomic E-state index is 12.5. The van der Waals surface area contributed by atoms with E-state index in [1.807, 2.05) is 23.1 Å². The molecule has 0 saturated carbocycles. The summed E-state index contributed by atoms with van der Waals surface area (Å²) in [5.41, 5.74) is 2.16. The fourth-order valence-corrected chi connectivity index (χ4v) is 3.01. The van der Waals surface area contributed by atoms with Crippen molar-refractivity contribution in [3.05, 3.63) is 29.8 Å². The fraction of sp³-hybridized carbons (Fsp3) is 0.611. The van der Waals surface area contributed by atoms with Crippen LogP contribution in [0.3, 0.4) is 0 Å². The van der Waals surface area contributed by atoms with Crippen LogP contribution in [0.1, 0.15) is 25.8 Å². The first-order valence-electron chi connectivity index (χ1n) is 8.45. The molecular weight excluding hydrogens is 290 g/mol. The molecule has 0 unspecified atom stereocenters. The van der Waals surface area contributed by atoms with Gasteiger partial charge in [0.05, 0.1) is 0 Å². The molecule has 1 N–H and O–H groups in total. The molecule has 1 aliphatic heterocycles. The Bertz CT molecular complexity index is 505. The van der Waals surface area contributed by atoms with Crippen LogP contribution < -0.4 is 10.2 Å². The predicted octanol–water partition coefficient (Wildman–Crippen LogP) is 1.87. The minimum Gasteiger partial charge on any atom is -0.375 e. The summed E-state index contributed by atoms with van der Waals surface area (Å²) in [5.74, 6) is 0.0234. The number of benzene rings is 1. The van der Waals surface area contributed by atoms with Crippen molar-refractivity contribution in [2.75, 3.05) is 44.8 Å². The zero-order valence-corrected chi connectivity index (χ0v) is 14.5. The first-order valence-corrected chi connectivity index (χ1v) is 8.45. The van der Waals surface area contributed by atoms with Crippen molar-refractivity contribution >= 4 is 11.6 Å². The smallest absolute Gasteiger partial charge is 0.252 e. The van der Waals surface area contributed by atoms with Crippen LogP contribution in [-0.4, -0.2) is 56.7 Å². The second-order valence-electron chi connectivity index (χ2n) is 6.27. The summed E-state index contributed by atoms with van der Waals surface area (Å²) in [6.45, 7) is 9.06. The second kappa shape index (κ2) is 9.01. The van der Waals surface area contributed by atoms with Gasteiger partial charge in [-0.05, 0) is 31.9 Å². The average Bonchev–Trinajstić information content (AvgIpc) is 2.57. The van der Waals surface area contributed by atoms with Gasteiger partial charge in [0, 0.05) is 51.6 Å². The van der Waals surface area contributed by atoms with E-state index in [4.69, 9.17) is 4.74 Å². The van der Waals surface area contributed by atoms with E-state index in [0.717, 1.165) is 50.4 Å². The number of para-hydroxylation sites is 1. The number of carbonyl (C=O) groups excluding carboxylic acids is 1. The summed E-state index contributed by atoms with van der Waals surface area (Å²) in [6.07, 6.45) is 0.960. The van der Waals surface area contributed by atoms with Gasteiger partial charge in [-0.3, -0.25) is 9.69 Å². The molecule has 1 aromatic carbocycles. The molecule has 2 rings (SSSR count). The monoisotopic (exact) mass is 319 g/mol. The third kappa shape index (κ3) is 5.03. The number of ether oxygens (including phenoxy) is 1. The lowest BCUT2D eigenvalue weighted by Gasteiger charge is -2.28. The minimum absolute atomic E-state index is 0.0234. The van der Waals surface area contributed by atoms with Crippen LogP contribution in [-0.2, 0) is 16.1 Å². The number of methoxy groups -OCH3 is 1. The number of rotatable bonds is 3. The van der Waals surface area contributed by atoms with Crippen molar-refractivity contribution in [1.29, 1.82) is 0 Å². The molecule has 1 heterocycles. The highest BCUT2D eigenvalue weighted by molar-refractivity contribution is 5.95. The molecule has 0 bridgehead atoms. The number of carbonyl (C=O) groups is 1. The van der Waals surface area contributed by atoms with Gasteiger partial charge in [-0.2, -0.15) is 0 Å². The topological polar surface area (TPSA) is 44.8 Å². The van der Waals surface area contributed by atoms with Crippen LogP contribution >= 0.6 is 0 Å². The standard InChI is InChI=1S/C18H29N3O2/c1-15(2)20-10-6-11-21(18(22)14-23-3)17-8-5-4-7-16(17)13-19-9-12-20/h4-5,7-8,15,19H,6,9-14H2,1-3H3. The van der Waals surface area contributed by atoms with Crippen molar-refractivity contribution < 1.29 is 9.53 Å². The zero-order valence-electron chi connectivity index (χ0n) is 14.5. The average molecular weight is 319 g/mol. The van der Waals surface area contributed by atoms with Gasteiger partial charge in [0.1, 0.15) is 6.61 Å². The van der Waals surface area contributed by atoms with E-state index < -0.39 is 0 Å². The zero-order chi connectivity index (χ0) is 16.7. The van der Waals surface area contributed by atoms with Gasteiger partial charge in [0.15, 0.2) is 0 Å². The van der Waals surface area contributed by atoms with Gasteiger partial charge >= 0.3 is 0 Å². The predicted molar refractivity (Wildman–Crippen MR) is 93.7 cm³/mol. The molecule has 1 aromatic rings. The maximum Gasteiger partial charge on any atom is 0.252 e. The fourth-order valence-electron chi connectivity index (χ4n) is 3.01. The van der Waals surface area contributed by atoms with E-state index in [0.29, 0.717) is 6.04 Å². The number of anilines is 1. The quantitative estimate of drug-likeness (QED) is 0.924. The molecule has 5 heteroatoms. The number of hydrogen-bond acceptors (Lipinski definition) is 4. The molecule has 0 aromatic heterocycles. The molecule has 0 atom stereocenters. The van der Waals surface area contributed by atoms with Gasteiger partial charge in [-0.1, -0.05) is 18.2 Å². The van der Waals surface area contributed by atoms with Gasteiger partial charge in [0.2, 0.25) is 0 Å². The van der Waals surface area contributed by atoms with Gasteiger partial charge in [-0.25, -0.2) is 0 Å². The molecule has 23 heavy (non-hydrogen) atoms. The second-order valence-corrected chi connectivity index (χ2v) is 6.27. The van der Waals surface area contributed by atoms with Crippen molar-refractivity contribution in [3.63, 3.8) is 0 Å². The largest absolute Gasteiger partial charge is 0.375 e. The van der Waals surface area contributed by atoms with Crippen LogP contribution in [0, 0.1) is 0 Å². The van der Waals surface area contributed by atoms with Crippen LogP contribution in [0.5, 0.6) is 0 Å². The maximum atomic E-state index is 12.5. The highest BCUT2D eigenvalue weighted by atomic mass is 16.5.